The molecule has 4 nitrogen and oxygen atoms in total. The average Bonchev–Trinajstić information content (AvgIpc) is 3.85. The molecule has 0 saturated heterocycles. The highest BCUT2D eigenvalue weighted by molar-refractivity contribution is 6.17. The van der Waals surface area contributed by atoms with Crippen molar-refractivity contribution in [1.82, 2.24) is 0 Å². The monoisotopic (exact) mass is 744 g/mol. The van der Waals surface area contributed by atoms with Gasteiger partial charge in [-0.05, 0) is 112 Å². The van der Waals surface area contributed by atoms with Crippen molar-refractivity contribution in [3.05, 3.63) is 212 Å². The fourth-order valence-corrected chi connectivity index (χ4v) is 9.28. The largest absolute Gasteiger partial charge is 0.485 e. The minimum absolute atomic E-state index is 0.0398. The van der Waals surface area contributed by atoms with E-state index in [4.69, 9.17) is 9.15 Å². The third kappa shape index (κ3) is 5.15. The molecule has 4 heteroatoms. The fraction of sp³-hybridized carbons (Fsp3) is 0.0370. The van der Waals surface area contributed by atoms with Crippen LogP contribution in [0.1, 0.15) is 11.5 Å². The van der Waals surface area contributed by atoms with Gasteiger partial charge in [0.05, 0.1) is 11.4 Å². The van der Waals surface area contributed by atoms with Gasteiger partial charge in [-0.2, -0.15) is 0 Å². The average molecular weight is 745 g/mol. The molecule has 2 atom stereocenters. The molecule has 58 heavy (non-hydrogen) atoms. The molecule has 2 heterocycles. The first-order valence-electron chi connectivity index (χ1n) is 19.9. The van der Waals surface area contributed by atoms with E-state index in [2.05, 4.69) is 204 Å². The van der Waals surface area contributed by atoms with Crippen molar-refractivity contribution in [1.29, 1.82) is 0 Å². The van der Waals surface area contributed by atoms with Gasteiger partial charge in [-0.3, -0.25) is 0 Å². The molecule has 0 bridgehead atoms. The van der Waals surface area contributed by atoms with Crippen LogP contribution in [-0.2, 0) is 0 Å². The molecule has 1 aliphatic heterocycles. The van der Waals surface area contributed by atoms with Gasteiger partial charge < -0.3 is 19.0 Å². The maximum absolute atomic E-state index is 6.61. The first kappa shape index (κ1) is 32.7. The van der Waals surface area contributed by atoms with Crippen LogP contribution in [0.25, 0.3) is 54.3 Å². The third-order valence-electron chi connectivity index (χ3n) is 11.9. The number of benzene rings is 9. The van der Waals surface area contributed by atoms with Crippen molar-refractivity contribution in [2.45, 2.75) is 12.0 Å². The Morgan fingerprint density at radius 1 is 0.379 bits per heavy atom. The molecule has 0 N–H and O–H groups in total. The number of ether oxygens (including phenoxy) is 1. The van der Waals surface area contributed by atoms with Crippen LogP contribution < -0.4 is 14.5 Å². The fourth-order valence-electron chi connectivity index (χ4n) is 9.28. The molecule has 0 saturated carbocycles. The molecule has 0 fully saturated rings. The van der Waals surface area contributed by atoms with E-state index in [0.29, 0.717) is 0 Å². The van der Waals surface area contributed by atoms with Crippen molar-refractivity contribution in [2.75, 3.05) is 9.80 Å². The molecule has 1 aromatic heterocycles. The molecule has 12 rings (SSSR count). The first-order valence-corrected chi connectivity index (χ1v) is 19.9. The van der Waals surface area contributed by atoms with E-state index in [1.54, 1.807) is 0 Å². The lowest BCUT2D eigenvalue weighted by Crippen LogP contribution is -2.18. The van der Waals surface area contributed by atoms with Gasteiger partial charge in [0, 0.05) is 50.4 Å². The molecule has 2 aliphatic rings. The van der Waals surface area contributed by atoms with Crippen LogP contribution >= 0.6 is 0 Å². The molecule has 10 aromatic rings. The third-order valence-corrected chi connectivity index (χ3v) is 11.9. The zero-order chi connectivity index (χ0) is 38.2. The predicted molar refractivity (Wildman–Crippen MR) is 241 cm³/mol. The normalized spacial score (nSPS) is 15.6. The van der Waals surface area contributed by atoms with E-state index in [9.17, 15) is 0 Å². The zero-order valence-electron chi connectivity index (χ0n) is 31.5. The molecule has 9 aromatic carbocycles. The van der Waals surface area contributed by atoms with E-state index < -0.39 is 0 Å². The van der Waals surface area contributed by atoms with Crippen molar-refractivity contribution in [3.63, 3.8) is 0 Å². The summed E-state index contributed by atoms with van der Waals surface area (Å²) in [5, 5.41) is 9.36. The van der Waals surface area contributed by atoms with Gasteiger partial charge in [0.2, 0.25) is 0 Å². The number of hydrogen-bond donors (Lipinski definition) is 0. The molecular formula is C54H36N2O2. The van der Waals surface area contributed by atoms with E-state index in [1.807, 2.05) is 12.1 Å². The second-order valence-corrected chi connectivity index (χ2v) is 15.2. The lowest BCUT2D eigenvalue weighted by molar-refractivity contribution is 0.269. The Labute approximate surface area is 335 Å². The maximum Gasteiger partial charge on any atom is 0.136 e. The highest BCUT2D eigenvalue weighted by atomic mass is 16.5. The van der Waals surface area contributed by atoms with Gasteiger partial charge >= 0.3 is 0 Å². The van der Waals surface area contributed by atoms with Crippen molar-refractivity contribution in [2.24, 2.45) is 0 Å². The summed E-state index contributed by atoms with van der Waals surface area (Å²) >= 11 is 0. The Bertz CT molecular complexity index is 3300. The van der Waals surface area contributed by atoms with Crippen LogP contribution in [-0.4, -0.2) is 6.10 Å². The Morgan fingerprint density at radius 2 is 1.02 bits per heavy atom. The molecular weight excluding hydrogens is 709 g/mol. The number of nitrogens with zero attached hydrogens (tertiary/aromatic N) is 2. The summed E-state index contributed by atoms with van der Waals surface area (Å²) in [4.78, 5) is 4.80. The second-order valence-electron chi connectivity index (χ2n) is 15.2. The van der Waals surface area contributed by atoms with Crippen molar-refractivity contribution >= 4 is 88.4 Å². The van der Waals surface area contributed by atoms with Crippen LogP contribution in [0.15, 0.2) is 211 Å². The SMILES string of the molecule is C1=CC2Oc3cccc(N(c4cccc(N(c5ccccc5)c5cccc6ccccc56)c4)c4ccc5ccc6cc7oc8ccccc8c7cc6c5c4)c3C2C=C1. The van der Waals surface area contributed by atoms with Crippen LogP contribution in [0, 0.1) is 0 Å². The Hall–Kier alpha value is -7.56. The van der Waals surface area contributed by atoms with Gasteiger partial charge in [0.15, 0.2) is 0 Å². The summed E-state index contributed by atoms with van der Waals surface area (Å²) in [6.07, 6.45) is 8.64. The van der Waals surface area contributed by atoms with Gasteiger partial charge in [-0.25, -0.2) is 0 Å². The van der Waals surface area contributed by atoms with Gasteiger partial charge in [-0.15, -0.1) is 0 Å². The van der Waals surface area contributed by atoms with Crippen LogP contribution in [0.4, 0.5) is 34.1 Å². The van der Waals surface area contributed by atoms with Gasteiger partial charge in [0.1, 0.15) is 23.0 Å². The van der Waals surface area contributed by atoms with Crippen LogP contribution in [0.2, 0.25) is 0 Å². The van der Waals surface area contributed by atoms with E-state index in [1.165, 1.54) is 32.5 Å². The Kier molecular flexibility index (Phi) is 7.32. The van der Waals surface area contributed by atoms with Crippen molar-refractivity contribution < 1.29 is 9.15 Å². The molecule has 2 unspecified atom stereocenters. The second kappa shape index (κ2) is 13.0. The minimum atomic E-state index is -0.0398. The Morgan fingerprint density at radius 3 is 1.93 bits per heavy atom. The quantitative estimate of drug-likeness (QED) is 0.159. The number of hydrogen-bond acceptors (Lipinski definition) is 4. The zero-order valence-corrected chi connectivity index (χ0v) is 31.5. The highest BCUT2D eigenvalue weighted by Crippen LogP contribution is 2.51. The lowest BCUT2D eigenvalue weighted by atomic mass is 9.90. The lowest BCUT2D eigenvalue weighted by Gasteiger charge is -2.31. The summed E-state index contributed by atoms with van der Waals surface area (Å²) in [5.74, 6) is 1.02. The Balaban J connectivity index is 1.10. The number of fused-ring (bicyclic) bond motifs is 10. The molecule has 274 valence electrons. The van der Waals surface area contributed by atoms with Gasteiger partial charge in [0.25, 0.3) is 0 Å². The first-order chi connectivity index (χ1) is 28.7. The molecule has 1 aliphatic carbocycles. The van der Waals surface area contributed by atoms with Crippen LogP contribution in [0.3, 0.4) is 0 Å². The van der Waals surface area contributed by atoms with E-state index >= 15 is 0 Å². The molecule has 0 spiro atoms. The van der Waals surface area contributed by atoms with Crippen LogP contribution in [0.5, 0.6) is 5.75 Å². The number of rotatable bonds is 6. The minimum Gasteiger partial charge on any atom is -0.485 e. The number of furan rings is 1. The summed E-state index contributed by atoms with van der Waals surface area (Å²) in [6.45, 7) is 0. The topological polar surface area (TPSA) is 28.9 Å². The smallest absolute Gasteiger partial charge is 0.136 e. The maximum atomic E-state index is 6.61. The molecule has 0 amide bonds. The predicted octanol–water partition coefficient (Wildman–Crippen LogP) is 15.0. The number of allylic oxidation sites excluding steroid dienone is 2. The summed E-state index contributed by atoms with van der Waals surface area (Å²) < 4.78 is 12.9. The summed E-state index contributed by atoms with van der Waals surface area (Å²) in [6, 6.07) is 65.4. The van der Waals surface area contributed by atoms with E-state index in [-0.39, 0.29) is 12.0 Å². The number of para-hydroxylation sites is 2. The van der Waals surface area contributed by atoms with Gasteiger partial charge in [-0.1, -0.05) is 121 Å². The highest BCUT2D eigenvalue weighted by Gasteiger charge is 2.36. The standard InChI is InChI=1S/C54H36N2O2/c1-2-15-38(16-3-1)55(48-22-10-14-35-13-4-5-19-42(35)48)39-17-11-18-40(32-39)56(49-23-12-26-52-54(49)44-21-7-9-25-51(44)57-52)41-30-29-36-27-28-37-31-53-47(34-46(37)45(36)33-41)43-20-6-8-24-50(43)58-53/h1-34,44,51H. The summed E-state index contributed by atoms with van der Waals surface area (Å²) in [7, 11) is 0. The number of anilines is 6. The van der Waals surface area contributed by atoms with E-state index in [0.717, 1.165) is 67.2 Å². The van der Waals surface area contributed by atoms with Crippen molar-refractivity contribution in [3.8, 4) is 5.75 Å². The summed E-state index contributed by atoms with van der Waals surface area (Å²) in [5.41, 5.74) is 9.49. The molecule has 0 radical (unpaired) electrons.